The molecular weight excluding hydrogens is 301 g/mol. The van der Waals surface area contributed by atoms with Crippen molar-refractivity contribution in [3.8, 4) is 5.75 Å². The molecule has 0 N–H and O–H groups in total. The van der Waals surface area contributed by atoms with E-state index in [9.17, 15) is 13.2 Å². The SMILES string of the molecule is FC(F)(F)Oc1ccc(C2=CCC(C3CCCCC3)CC2)cc1. The molecule has 23 heavy (non-hydrogen) atoms. The molecule has 1 unspecified atom stereocenters. The van der Waals surface area contributed by atoms with Crippen LogP contribution < -0.4 is 4.74 Å². The molecule has 0 aromatic heterocycles. The van der Waals surface area contributed by atoms with Crippen LogP contribution in [0.5, 0.6) is 5.75 Å². The van der Waals surface area contributed by atoms with Gasteiger partial charge >= 0.3 is 6.36 Å². The molecule has 4 heteroatoms. The maximum Gasteiger partial charge on any atom is 0.573 e. The average Bonchev–Trinajstić information content (AvgIpc) is 2.55. The highest BCUT2D eigenvalue weighted by molar-refractivity contribution is 5.66. The summed E-state index contributed by atoms with van der Waals surface area (Å²) in [5.74, 6) is 1.52. The summed E-state index contributed by atoms with van der Waals surface area (Å²) < 4.78 is 40.5. The number of alkyl halides is 3. The van der Waals surface area contributed by atoms with E-state index < -0.39 is 6.36 Å². The van der Waals surface area contributed by atoms with Gasteiger partial charge in [0.15, 0.2) is 0 Å². The number of ether oxygens (including phenoxy) is 1. The Morgan fingerprint density at radius 3 is 2.13 bits per heavy atom. The summed E-state index contributed by atoms with van der Waals surface area (Å²) >= 11 is 0. The third-order valence-electron chi connectivity index (χ3n) is 5.23. The van der Waals surface area contributed by atoms with Crippen LogP contribution in [-0.2, 0) is 0 Å². The lowest BCUT2D eigenvalue weighted by molar-refractivity contribution is -0.274. The summed E-state index contributed by atoms with van der Waals surface area (Å²) in [6.07, 6.45) is 7.89. The fraction of sp³-hybridized carbons (Fsp3) is 0.579. The minimum Gasteiger partial charge on any atom is -0.406 e. The molecular formula is C19H23F3O. The van der Waals surface area contributed by atoms with Gasteiger partial charge in [-0.15, -0.1) is 13.2 Å². The van der Waals surface area contributed by atoms with Crippen molar-refractivity contribution >= 4 is 5.57 Å². The maximum atomic E-state index is 12.2. The van der Waals surface area contributed by atoms with Crippen molar-refractivity contribution in [1.29, 1.82) is 0 Å². The first kappa shape index (κ1) is 16.4. The molecule has 0 bridgehead atoms. The fourth-order valence-corrected chi connectivity index (χ4v) is 4.02. The second kappa shape index (κ2) is 6.98. The molecule has 0 radical (unpaired) electrons. The van der Waals surface area contributed by atoms with Gasteiger partial charge in [0, 0.05) is 0 Å². The van der Waals surface area contributed by atoms with Crippen LogP contribution in [0.25, 0.3) is 5.57 Å². The summed E-state index contributed by atoms with van der Waals surface area (Å²) in [7, 11) is 0. The summed E-state index contributed by atoms with van der Waals surface area (Å²) in [4.78, 5) is 0. The van der Waals surface area contributed by atoms with Crippen LogP contribution in [0.4, 0.5) is 13.2 Å². The highest BCUT2D eigenvalue weighted by Gasteiger charge is 2.31. The van der Waals surface area contributed by atoms with E-state index in [1.54, 1.807) is 12.1 Å². The Labute approximate surface area is 135 Å². The Kier molecular flexibility index (Phi) is 4.98. The number of hydrogen-bond acceptors (Lipinski definition) is 1. The normalized spacial score (nSPS) is 23.4. The Bertz CT molecular complexity index is 539. The van der Waals surface area contributed by atoms with E-state index >= 15 is 0 Å². The molecule has 1 aromatic rings. The van der Waals surface area contributed by atoms with E-state index in [1.165, 1.54) is 56.2 Å². The molecule has 0 saturated heterocycles. The summed E-state index contributed by atoms with van der Waals surface area (Å²) in [5.41, 5.74) is 2.28. The van der Waals surface area contributed by atoms with Crippen molar-refractivity contribution in [3.05, 3.63) is 35.9 Å². The van der Waals surface area contributed by atoms with Gasteiger partial charge in [0.1, 0.15) is 5.75 Å². The molecule has 1 nitrogen and oxygen atoms in total. The number of halogens is 3. The van der Waals surface area contributed by atoms with E-state index in [0.717, 1.165) is 30.2 Å². The minimum atomic E-state index is -4.63. The van der Waals surface area contributed by atoms with Gasteiger partial charge in [0.2, 0.25) is 0 Å². The summed E-state index contributed by atoms with van der Waals surface area (Å²) in [5, 5.41) is 0. The number of rotatable bonds is 3. The molecule has 2 aliphatic rings. The number of allylic oxidation sites excluding steroid dienone is 2. The molecule has 0 spiro atoms. The first-order valence-electron chi connectivity index (χ1n) is 8.56. The van der Waals surface area contributed by atoms with Crippen molar-refractivity contribution in [3.63, 3.8) is 0 Å². The topological polar surface area (TPSA) is 9.23 Å². The third kappa shape index (κ3) is 4.52. The third-order valence-corrected chi connectivity index (χ3v) is 5.23. The van der Waals surface area contributed by atoms with Crippen molar-refractivity contribution in [2.24, 2.45) is 11.8 Å². The minimum absolute atomic E-state index is 0.155. The van der Waals surface area contributed by atoms with Crippen molar-refractivity contribution < 1.29 is 17.9 Å². The van der Waals surface area contributed by atoms with Crippen LogP contribution in [0.2, 0.25) is 0 Å². The first-order valence-corrected chi connectivity index (χ1v) is 8.56. The molecule has 1 atom stereocenters. The fourth-order valence-electron chi connectivity index (χ4n) is 4.02. The summed E-state index contributed by atoms with van der Waals surface area (Å²) in [6.45, 7) is 0. The zero-order valence-corrected chi connectivity index (χ0v) is 13.2. The van der Waals surface area contributed by atoms with E-state index in [-0.39, 0.29) is 5.75 Å². The molecule has 0 amide bonds. The quantitative estimate of drug-likeness (QED) is 0.629. The smallest absolute Gasteiger partial charge is 0.406 e. The van der Waals surface area contributed by atoms with Gasteiger partial charge in [-0.25, -0.2) is 0 Å². The van der Waals surface area contributed by atoms with E-state index in [1.807, 2.05) is 0 Å². The number of hydrogen-bond donors (Lipinski definition) is 0. The Morgan fingerprint density at radius 1 is 0.870 bits per heavy atom. The van der Waals surface area contributed by atoms with Gasteiger partial charge in [-0.2, -0.15) is 0 Å². The van der Waals surface area contributed by atoms with Crippen LogP contribution in [0.15, 0.2) is 30.3 Å². The molecule has 0 aliphatic heterocycles. The van der Waals surface area contributed by atoms with Crippen LogP contribution in [0, 0.1) is 11.8 Å². The molecule has 3 rings (SSSR count). The maximum absolute atomic E-state index is 12.2. The molecule has 0 heterocycles. The predicted molar refractivity (Wildman–Crippen MR) is 85.0 cm³/mol. The van der Waals surface area contributed by atoms with Crippen LogP contribution in [0.3, 0.4) is 0 Å². The molecule has 1 aromatic carbocycles. The molecule has 2 aliphatic carbocycles. The lowest BCUT2D eigenvalue weighted by Crippen LogP contribution is -2.19. The standard InChI is InChI=1S/C19H23F3O/c20-19(21,22)23-18-12-10-17(11-13-18)16-8-6-15(7-9-16)14-4-2-1-3-5-14/h8,10-15H,1-7,9H2. The molecule has 1 fully saturated rings. The Morgan fingerprint density at radius 2 is 1.57 bits per heavy atom. The lowest BCUT2D eigenvalue weighted by atomic mass is 9.73. The van der Waals surface area contributed by atoms with Gasteiger partial charge < -0.3 is 4.74 Å². The van der Waals surface area contributed by atoms with Crippen LogP contribution in [-0.4, -0.2) is 6.36 Å². The monoisotopic (exact) mass is 324 g/mol. The second-order valence-electron chi connectivity index (χ2n) is 6.73. The predicted octanol–water partition coefficient (Wildman–Crippen LogP) is 6.35. The van der Waals surface area contributed by atoms with Gasteiger partial charge in [0.05, 0.1) is 0 Å². The zero-order valence-electron chi connectivity index (χ0n) is 13.2. The van der Waals surface area contributed by atoms with Gasteiger partial charge in [-0.1, -0.05) is 50.3 Å². The van der Waals surface area contributed by atoms with Crippen molar-refractivity contribution in [1.82, 2.24) is 0 Å². The molecule has 126 valence electrons. The average molecular weight is 324 g/mol. The second-order valence-corrected chi connectivity index (χ2v) is 6.73. The van der Waals surface area contributed by atoms with Gasteiger partial charge in [-0.05, 0) is 54.4 Å². The first-order chi connectivity index (χ1) is 11.0. The zero-order chi connectivity index (χ0) is 16.3. The van der Waals surface area contributed by atoms with Crippen molar-refractivity contribution in [2.45, 2.75) is 57.7 Å². The highest BCUT2D eigenvalue weighted by Crippen LogP contribution is 2.40. The van der Waals surface area contributed by atoms with Crippen LogP contribution >= 0.6 is 0 Å². The highest BCUT2D eigenvalue weighted by atomic mass is 19.4. The summed E-state index contributed by atoms with van der Waals surface area (Å²) in [6, 6.07) is 6.26. The number of benzene rings is 1. The Balaban J connectivity index is 1.60. The van der Waals surface area contributed by atoms with Crippen LogP contribution in [0.1, 0.15) is 56.9 Å². The molecule has 1 saturated carbocycles. The van der Waals surface area contributed by atoms with E-state index in [4.69, 9.17) is 0 Å². The Hall–Kier alpha value is -1.45. The largest absolute Gasteiger partial charge is 0.573 e. The lowest BCUT2D eigenvalue weighted by Gasteiger charge is -2.32. The van der Waals surface area contributed by atoms with E-state index in [2.05, 4.69) is 10.8 Å². The van der Waals surface area contributed by atoms with Gasteiger partial charge in [-0.3, -0.25) is 0 Å². The van der Waals surface area contributed by atoms with Crippen molar-refractivity contribution in [2.75, 3.05) is 0 Å². The van der Waals surface area contributed by atoms with Gasteiger partial charge in [0.25, 0.3) is 0 Å². The van der Waals surface area contributed by atoms with E-state index in [0.29, 0.717) is 0 Å².